The van der Waals surface area contributed by atoms with E-state index in [4.69, 9.17) is 4.74 Å². The Morgan fingerprint density at radius 3 is 2.37 bits per heavy atom. The Kier molecular flexibility index (Phi) is 7.00. The molecule has 2 aromatic rings. The fourth-order valence-electron chi connectivity index (χ4n) is 2.06. The quantitative estimate of drug-likeness (QED) is 0.457. The van der Waals surface area contributed by atoms with Gasteiger partial charge in [-0.3, -0.25) is 9.59 Å². The molecule has 0 bridgehead atoms. The van der Waals surface area contributed by atoms with Crippen LogP contribution in [0.1, 0.15) is 29.8 Å². The van der Waals surface area contributed by atoms with Gasteiger partial charge in [0.05, 0.1) is 0 Å². The predicted molar refractivity (Wildman–Crippen MR) is 101 cm³/mol. The van der Waals surface area contributed by atoms with Crippen molar-refractivity contribution in [3.63, 3.8) is 0 Å². The third-order valence-corrected chi connectivity index (χ3v) is 3.65. The molecular weight excluding hydrogens is 349 g/mol. The second-order valence-corrected chi connectivity index (χ2v) is 6.11. The van der Waals surface area contributed by atoms with E-state index in [0.29, 0.717) is 11.3 Å². The monoisotopic (exact) mass is 369 g/mol. The molecular formula is C21H20FNO4. The molecule has 0 fully saturated rings. The molecule has 0 saturated carbocycles. The van der Waals surface area contributed by atoms with Crippen molar-refractivity contribution in [3.05, 3.63) is 71.6 Å². The number of rotatable bonds is 7. The average Bonchev–Trinajstić information content (AvgIpc) is 2.66. The lowest BCUT2D eigenvalue weighted by atomic mass is 10.1. The zero-order valence-corrected chi connectivity index (χ0v) is 15.1. The second kappa shape index (κ2) is 9.43. The standard InChI is InChI=1S/C21H20FNO4/c1-14(2)21(26)23-17-10-7-16(8-11-17)19(24)13-27-20(25)12-9-15-5-3-4-6-18(15)22/h3-12,14H,13H2,1-2H3,(H,23,26)/b12-9+. The molecule has 0 heterocycles. The minimum absolute atomic E-state index is 0.121. The molecule has 0 aliphatic rings. The molecule has 1 amide bonds. The van der Waals surface area contributed by atoms with Gasteiger partial charge in [-0.2, -0.15) is 0 Å². The summed E-state index contributed by atoms with van der Waals surface area (Å²) >= 11 is 0. The van der Waals surface area contributed by atoms with Crippen LogP contribution in [0.3, 0.4) is 0 Å². The van der Waals surface area contributed by atoms with Crippen molar-refractivity contribution in [3.8, 4) is 0 Å². The largest absolute Gasteiger partial charge is 0.454 e. The summed E-state index contributed by atoms with van der Waals surface area (Å²) in [6, 6.07) is 12.3. The average molecular weight is 369 g/mol. The smallest absolute Gasteiger partial charge is 0.331 e. The SMILES string of the molecule is CC(C)C(=O)Nc1ccc(C(=O)COC(=O)/C=C/c2ccccc2F)cc1. The number of anilines is 1. The van der Waals surface area contributed by atoms with Gasteiger partial charge in [0.15, 0.2) is 12.4 Å². The highest BCUT2D eigenvalue weighted by Crippen LogP contribution is 2.12. The summed E-state index contributed by atoms with van der Waals surface area (Å²) < 4.78 is 18.3. The molecule has 27 heavy (non-hydrogen) atoms. The highest BCUT2D eigenvalue weighted by molar-refractivity contribution is 5.99. The van der Waals surface area contributed by atoms with E-state index in [2.05, 4.69) is 5.32 Å². The molecule has 0 aliphatic carbocycles. The minimum atomic E-state index is -0.743. The van der Waals surface area contributed by atoms with Gasteiger partial charge >= 0.3 is 5.97 Å². The highest BCUT2D eigenvalue weighted by Gasteiger charge is 2.10. The number of carbonyl (C=O) groups is 3. The number of ketones is 1. The molecule has 0 aromatic heterocycles. The molecule has 1 N–H and O–H groups in total. The van der Waals surface area contributed by atoms with E-state index in [9.17, 15) is 18.8 Å². The van der Waals surface area contributed by atoms with Crippen molar-refractivity contribution in [2.45, 2.75) is 13.8 Å². The number of esters is 1. The van der Waals surface area contributed by atoms with Crippen molar-refractivity contribution in [2.75, 3.05) is 11.9 Å². The Morgan fingerprint density at radius 2 is 1.74 bits per heavy atom. The molecule has 5 nitrogen and oxygen atoms in total. The molecule has 2 rings (SSSR count). The summed E-state index contributed by atoms with van der Waals surface area (Å²) in [4.78, 5) is 35.4. The molecule has 0 unspecified atom stereocenters. The van der Waals surface area contributed by atoms with E-state index in [0.717, 1.165) is 6.08 Å². The lowest BCUT2D eigenvalue weighted by Gasteiger charge is -2.08. The molecule has 140 valence electrons. The predicted octanol–water partition coefficient (Wildman–Crippen LogP) is 3.86. The number of nitrogens with one attached hydrogen (secondary N) is 1. The summed E-state index contributed by atoms with van der Waals surface area (Å²) in [5.41, 5.74) is 1.18. The van der Waals surface area contributed by atoms with Crippen molar-refractivity contribution in [1.82, 2.24) is 0 Å². The first kappa shape index (κ1) is 20.0. The van der Waals surface area contributed by atoms with Gasteiger partial charge in [0, 0.05) is 28.8 Å². The normalized spacial score (nSPS) is 10.8. The molecule has 0 atom stereocenters. The zero-order chi connectivity index (χ0) is 19.8. The van der Waals surface area contributed by atoms with Crippen molar-refractivity contribution in [1.29, 1.82) is 0 Å². The van der Waals surface area contributed by atoms with Crippen LogP contribution in [0.4, 0.5) is 10.1 Å². The van der Waals surface area contributed by atoms with Gasteiger partial charge in [-0.15, -0.1) is 0 Å². The van der Waals surface area contributed by atoms with E-state index in [-0.39, 0.29) is 23.2 Å². The topological polar surface area (TPSA) is 72.5 Å². The molecule has 0 aliphatic heterocycles. The Morgan fingerprint density at radius 1 is 1.07 bits per heavy atom. The van der Waals surface area contributed by atoms with Crippen LogP contribution in [0.5, 0.6) is 0 Å². The lowest BCUT2D eigenvalue weighted by Crippen LogP contribution is -2.18. The first-order valence-electron chi connectivity index (χ1n) is 8.40. The maximum absolute atomic E-state index is 13.4. The Hall–Kier alpha value is -3.28. The Balaban J connectivity index is 1.87. The van der Waals surface area contributed by atoms with Crippen LogP contribution in [-0.4, -0.2) is 24.3 Å². The third kappa shape index (κ3) is 6.18. The number of halogens is 1. The van der Waals surface area contributed by atoms with Crippen LogP contribution in [-0.2, 0) is 14.3 Å². The van der Waals surface area contributed by atoms with Crippen molar-refractivity contribution in [2.24, 2.45) is 5.92 Å². The second-order valence-electron chi connectivity index (χ2n) is 6.11. The number of Topliss-reactive ketones (excluding diaryl/α,β-unsaturated/α-hetero) is 1. The summed E-state index contributed by atoms with van der Waals surface area (Å²) in [5, 5.41) is 2.72. The van der Waals surface area contributed by atoms with E-state index < -0.39 is 18.4 Å². The summed E-state index contributed by atoms with van der Waals surface area (Å²) in [6.07, 6.45) is 2.35. The maximum Gasteiger partial charge on any atom is 0.331 e. The Bertz CT molecular complexity index is 857. The maximum atomic E-state index is 13.4. The number of amides is 1. The van der Waals surface area contributed by atoms with Crippen LogP contribution in [0.15, 0.2) is 54.6 Å². The van der Waals surface area contributed by atoms with Crippen LogP contribution in [0, 0.1) is 11.7 Å². The third-order valence-electron chi connectivity index (χ3n) is 3.65. The zero-order valence-electron chi connectivity index (χ0n) is 15.1. The van der Waals surface area contributed by atoms with E-state index in [1.165, 1.54) is 18.2 Å². The molecule has 6 heteroatoms. The fraction of sp³-hybridized carbons (Fsp3) is 0.190. The van der Waals surface area contributed by atoms with Gasteiger partial charge in [0.25, 0.3) is 0 Å². The number of benzene rings is 2. The number of hydrogen-bond acceptors (Lipinski definition) is 4. The minimum Gasteiger partial charge on any atom is -0.454 e. The summed E-state index contributed by atoms with van der Waals surface area (Å²) in [5.74, 6) is -1.85. The van der Waals surface area contributed by atoms with Crippen LogP contribution in [0.25, 0.3) is 6.08 Å². The first-order valence-corrected chi connectivity index (χ1v) is 8.40. The number of carbonyl (C=O) groups excluding carboxylic acids is 3. The van der Waals surface area contributed by atoms with Gasteiger partial charge in [0.1, 0.15) is 5.82 Å². The van der Waals surface area contributed by atoms with E-state index >= 15 is 0 Å². The van der Waals surface area contributed by atoms with Gasteiger partial charge in [-0.05, 0) is 36.4 Å². The van der Waals surface area contributed by atoms with Gasteiger partial charge < -0.3 is 10.1 Å². The molecule has 0 saturated heterocycles. The van der Waals surface area contributed by atoms with Crippen LogP contribution >= 0.6 is 0 Å². The summed E-state index contributed by atoms with van der Waals surface area (Å²) in [6.45, 7) is 3.13. The summed E-state index contributed by atoms with van der Waals surface area (Å²) in [7, 11) is 0. The van der Waals surface area contributed by atoms with Crippen molar-refractivity contribution >= 4 is 29.4 Å². The highest BCUT2D eigenvalue weighted by atomic mass is 19.1. The number of hydrogen-bond donors (Lipinski definition) is 1. The molecule has 0 spiro atoms. The fourth-order valence-corrected chi connectivity index (χ4v) is 2.06. The molecule has 0 radical (unpaired) electrons. The van der Waals surface area contributed by atoms with Gasteiger partial charge in [0.2, 0.25) is 5.91 Å². The van der Waals surface area contributed by atoms with Gasteiger partial charge in [-0.25, -0.2) is 9.18 Å². The van der Waals surface area contributed by atoms with Crippen LogP contribution in [0.2, 0.25) is 0 Å². The van der Waals surface area contributed by atoms with Crippen LogP contribution < -0.4 is 5.32 Å². The molecule has 2 aromatic carbocycles. The van der Waals surface area contributed by atoms with E-state index in [1.807, 2.05) is 0 Å². The first-order chi connectivity index (χ1) is 12.9. The van der Waals surface area contributed by atoms with Gasteiger partial charge in [-0.1, -0.05) is 32.0 Å². The van der Waals surface area contributed by atoms with Crippen molar-refractivity contribution < 1.29 is 23.5 Å². The lowest BCUT2D eigenvalue weighted by molar-refractivity contribution is -0.136. The van der Waals surface area contributed by atoms with E-state index in [1.54, 1.807) is 50.2 Å². The Labute approximate surface area is 156 Å². The number of ether oxygens (including phenoxy) is 1.